The fourth-order valence-electron chi connectivity index (χ4n) is 1.23. The lowest BCUT2D eigenvalue weighted by molar-refractivity contribution is 0.396. The molecular weight excluding hydrogens is 175 g/mol. The van der Waals surface area contributed by atoms with Gasteiger partial charge >= 0.3 is 0 Å². The Balaban J connectivity index is 3.06. The Morgan fingerprint density at radius 1 is 1.57 bits per heavy atom. The van der Waals surface area contributed by atoms with E-state index in [9.17, 15) is 0 Å². The molecule has 0 radical (unpaired) electrons. The maximum Gasteiger partial charge on any atom is 0.144 e. The molecule has 4 nitrogen and oxygen atoms in total. The molecule has 2 N–H and O–H groups in total. The van der Waals surface area contributed by atoms with Crippen LogP contribution >= 0.6 is 0 Å². The number of nitrogens with one attached hydrogen (secondary N) is 2. The monoisotopic (exact) mass is 190 g/mol. The number of H-pyrrole nitrogens is 1. The van der Waals surface area contributed by atoms with Gasteiger partial charge in [0.1, 0.15) is 19.7 Å². The summed E-state index contributed by atoms with van der Waals surface area (Å²) in [5.74, 6) is 0. The minimum atomic E-state index is 0.763. The smallest absolute Gasteiger partial charge is 0.144 e. The van der Waals surface area contributed by atoms with Crippen LogP contribution in [0.3, 0.4) is 0 Å². The Morgan fingerprint density at radius 2 is 2.29 bits per heavy atom. The van der Waals surface area contributed by atoms with Gasteiger partial charge in [-0.05, 0) is 25.6 Å². The van der Waals surface area contributed by atoms with E-state index < -0.39 is 0 Å². The highest BCUT2D eigenvalue weighted by molar-refractivity contribution is 6.31. The second-order valence-electron chi connectivity index (χ2n) is 3.51. The summed E-state index contributed by atoms with van der Waals surface area (Å²) < 4.78 is 0. The zero-order valence-corrected chi connectivity index (χ0v) is 8.83. The Kier molecular flexibility index (Phi) is 3.65. The minimum absolute atomic E-state index is 0.763. The lowest BCUT2D eigenvalue weighted by Gasteiger charge is -2.09. The molecule has 1 rings (SSSR count). The normalized spacial score (nSPS) is 12.1. The van der Waals surface area contributed by atoms with Crippen LogP contribution in [0.15, 0.2) is 17.1 Å². The molecule has 0 aliphatic heterocycles. The third-order valence-electron chi connectivity index (χ3n) is 1.87. The summed E-state index contributed by atoms with van der Waals surface area (Å²) in [5, 5.41) is 6.93. The largest absolute Gasteiger partial charge is 0.343 e. The molecule has 0 fully saturated rings. The molecule has 0 atom stereocenters. The minimum Gasteiger partial charge on any atom is -0.343 e. The van der Waals surface area contributed by atoms with Gasteiger partial charge < -0.3 is 9.88 Å². The number of aromatic amines is 1. The molecule has 0 aliphatic rings. The van der Waals surface area contributed by atoms with Crippen LogP contribution in [0.5, 0.6) is 0 Å². The summed E-state index contributed by atoms with van der Waals surface area (Å²) in [7, 11) is 6.00. The molecule has 0 unspecified atom stereocenters. The van der Waals surface area contributed by atoms with Crippen LogP contribution < -0.4 is 11.0 Å². The summed E-state index contributed by atoms with van der Waals surface area (Å²) >= 11 is 0. The number of hydrogen-bond acceptors (Lipinski definition) is 2. The van der Waals surface area contributed by atoms with E-state index in [1.165, 1.54) is 0 Å². The number of rotatable bonds is 3. The first-order valence-corrected chi connectivity index (χ1v) is 4.50. The van der Waals surface area contributed by atoms with Crippen molar-refractivity contribution in [2.24, 2.45) is 4.99 Å². The maximum absolute atomic E-state index is 6.93. The molecule has 0 amide bonds. The summed E-state index contributed by atoms with van der Waals surface area (Å²) in [6, 6.07) is 4.05. The molecule has 1 heterocycles. The van der Waals surface area contributed by atoms with Gasteiger partial charge in [-0.3, -0.25) is 5.41 Å². The van der Waals surface area contributed by atoms with Crippen molar-refractivity contribution in [2.75, 3.05) is 14.1 Å². The zero-order valence-electron chi connectivity index (χ0n) is 8.83. The van der Waals surface area contributed by atoms with Crippen molar-refractivity contribution in [3.8, 4) is 0 Å². The van der Waals surface area contributed by atoms with Gasteiger partial charge in [0.05, 0.1) is 0 Å². The molecule has 0 saturated carbocycles. The van der Waals surface area contributed by atoms with Crippen LogP contribution in [-0.4, -0.2) is 38.2 Å². The second-order valence-corrected chi connectivity index (χ2v) is 3.51. The van der Waals surface area contributed by atoms with Crippen molar-refractivity contribution in [1.82, 2.24) is 9.88 Å². The SMILES string of the molecule is Bc1ccc(CN(C)C)[nH]/c1=N\C=N. The van der Waals surface area contributed by atoms with Gasteiger partial charge in [0.15, 0.2) is 0 Å². The first-order valence-electron chi connectivity index (χ1n) is 4.50. The highest BCUT2D eigenvalue weighted by Gasteiger charge is 1.96. The van der Waals surface area contributed by atoms with Gasteiger partial charge in [-0.2, -0.15) is 0 Å². The molecule has 0 bridgehead atoms. The summed E-state index contributed by atoms with van der Waals surface area (Å²) in [6.07, 6.45) is 1.05. The molecule has 0 aliphatic carbocycles. The van der Waals surface area contributed by atoms with E-state index in [2.05, 4.69) is 14.9 Å². The lowest BCUT2D eigenvalue weighted by atomic mass is 9.98. The quantitative estimate of drug-likeness (QED) is 0.352. The first kappa shape index (κ1) is 10.7. The number of pyridine rings is 1. The number of nitrogens with zero attached hydrogens (tertiary/aromatic N) is 2. The van der Waals surface area contributed by atoms with E-state index in [0.29, 0.717) is 0 Å². The van der Waals surface area contributed by atoms with Gasteiger partial charge in [0.2, 0.25) is 0 Å². The average molecular weight is 190 g/mol. The molecule has 14 heavy (non-hydrogen) atoms. The maximum atomic E-state index is 6.93. The third-order valence-corrected chi connectivity index (χ3v) is 1.87. The Labute approximate surface area is 84.6 Å². The molecule has 1 aromatic rings. The second kappa shape index (κ2) is 4.76. The first-order chi connectivity index (χ1) is 6.63. The van der Waals surface area contributed by atoms with Gasteiger partial charge in [-0.15, -0.1) is 0 Å². The van der Waals surface area contributed by atoms with Crippen molar-refractivity contribution >= 4 is 19.6 Å². The van der Waals surface area contributed by atoms with Gasteiger partial charge in [0.25, 0.3) is 0 Å². The van der Waals surface area contributed by atoms with E-state index in [1.54, 1.807) is 0 Å². The molecular formula is C9H15BN4. The van der Waals surface area contributed by atoms with Crippen LogP contribution in [0.4, 0.5) is 0 Å². The summed E-state index contributed by atoms with van der Waals surface area (Å²) in [5.41, 5.74) is 2.91. The Bertz CT molecular complexity index is 381. The topological polar surface area (TPSA) is 55.2 Å². The highest BCUT2D eigenvalue weighted by Crippen LogP contribution is 1.92. The number of hydrogen-bond donors (Lipinski definition) is 2. The fraction of sp³-hybridized carbons (Fsp3) is 0.333. The van der Waals surface area contributed by atoms with Crippen molar-refractivity contribution in [2.45, 2.75) is 6.54 Å². The van der Waals surface area contributed by atoms with E-state index >= 15 is 0 Å². The van der Waals surface area contributed by atoms with Crippen molar-refractivity contribution in [3.05, 3.63) is 23.3 Å². The molecule has 5 heteroatoms. The predicted octanol–water partition coefficient (Wildman–Crippen LogP) is -1.16. The van der Waals surface area contributed by atoms with Gasteiger partial charge in [-0.1, -0.05) is 6.07 Å². The molecule has 1 aromatic heterocycles. The van der Waals surface area contributed by atoms with Gasteiger partial charge in [0, 0.05) is 12.2 Å². The molecule has 0 saturated heterocycles. The molecule has 0 aromatic carbocycles. The van der Waals surface area contributed by atoms with Crippen LogP contribution in [-0.2, 0) is 6.54 Å². The van der Waals surface area contributed by atoms with Crippen LogP contribution in [0, 0.1) is 5.41 Å². The van der Waals surface area contributed by atoms with E-state index in [4.69, 9.17) is 5.41 Å². The van der Waals surface area contributed by atoms with Crippen LogP contribution in [0.25, 0.3) is 0 Å². The average Bonchev–Trinajstić information content (AvgIpc) is 2.10. The van der Waals surface area contributed by atoms with E-state index in [1.807, 2.05) is 34.1 Å². The Hall–Kier alpha value is -1.36. The van der Waals surface area contributed by atoms with Crippen LogP contribution in [0.2, 0.25) is 0 Å². The van der Waals surface area contributed by atoms with E-state index in [-0.39, 0.29) is 0 Å². The lowest BCUT2D eigenvalue weighted by Crippen LogP contribution is -2.30. The van der Waals surface area contributed by atoms with Crippen molar-refractivity contribution in [1.29, 1.82) is 5.41 Å². The fourth-order valence-corrected chi connectivity index (χ4v) is 1.23. The highest BCUT2D eigenvalue weighted by atomic mass is 15.1. The molecule has 74 valence electrons. The summed E-state index contributed by atoms with van der Waals surface area (Å²) in [4.78, 5) is 9.21. The molecule has 0 spiro atoms. The van der Waals surface area contributed by atoms with Crippen molar-refractivity contribution in [3.63, 3.8) is 0 Å². The Morgan fingerprint density at radius 3 is 2.86 bits per heavy atom. The van der Waals surface area contributed by atoms with Crippen LogP contribution in [0.1, 0.15) is 5.69 Å². The number of aromatic nitrogens is 1. The third kappa shape index (κ3) is 2.85. The van der Waals surface area contributed by atoms with Gasteiger partial charge in [-0.25, -0.2) is 4.99 Å². The summed E-state index contributed by atoms with van der Waals surface area (Å²) in [6.45, 7) is 0.848. The van der Waals surface area contributed by atoms with E-state index in [0.717, 1.165) is 29.5 Å². The zero-order chi connectivity index (χ0) is 10.6. The van der Waals surface area contributed by atoms with Crippen molar-refractivity contribution < 1.29 is 0 Å². The standard InChI is InChI=1S/C9H15BN4/c1-14(2)5-7-3-4-8(10)9(13-7)12-6-11/h3-4,6H,5,10H2,1-2H3,(H2,11,12,13). The predicted molar refractivity (Wildman–Crippen MR) is 60.7 cm³/mol.